The summed E-state index contributed by atoms with van der Waals surface area (Å²) in [6, 6.07) is 8.58. The van der Waals surface area contributed by atoms with Gasteiger partial charge in [0.25, 0.3) is 5.91 Å². The standard InChI is InChI=1S/C33H34N6O7/c1-37(2)31(41)25-14-19-17-34-33(36-30(19)39(25)21-6-4-5-7-21)35-20-8-9-22(23(15-20)32(42)43-3)24-18-45-29-26(40)16-27(46-28(24)29)38-10-12-44-13-11-38/h8-9,14-18,21H,4-7,10-13H2,1-3H3,(H,34,35,36). The van der Waals surface area contributed by atoms with Crippen molar-refractivity contribution in [3.8, 4) is 11.1 Å². The lowest BCUT2D eigenvalue weighted by molar-refractivity contribution is 0.0601. The maximum absolute atomic E-state index is 13.1. The molecule has 7 rings (SSSR count). The van der Waals surface area contributed by atoms with Crippen LogP contribution in [0.2, 0.25) is 0 Å². The molecule has 5 aromatic rings. The number of furan rings is 1. The fraction of sp³-hybridized carbons (Fsp3) is 0.364. The number of methoxy groups -OCH3 is 1. The molecule has 0 atom stereocenters. The summed E-state index contributed by atoms with van der Waals surface area (Å²) in [4.78, 5) is 51.9. The lowest BCUT2D eigenvalue weighted by Gasteiger charge is -2.26. The van der Waals surface area contributed by atoms with E-state index in [1.807, 2.05) is 15.5 Å². The summed E-state index contributed by atoms with van der Waals surface area (Å²) in [6.07, 6.45) is 7.26. The molecule has 0 radical (unpaired) electrons. The molecule has 4 aromatic heterocycles. The minimum Gasteiger partial charge on any atom is -0.465 e. The predicted octanol–water partition coefficient (Wildman–Crippen LogP) is 4.98. The first-order valence-corrected chi connectivity index (χ1v) is 15.3. The number of nitrogens with zero attached hydrogens (tertiary/aromatic N) is 5. The molecule has 0 spiro atoms. The Morgan fingerprint density at radius 1 is 1.04 bits per heavy atom. The van der Waals surface area contributed by atoms with Crippen molar-refractivity contribution in [3.63, 3.8) is 0 Å². The molecule has 13 heteroatoms. The van der Waals surface area contributed by atoms with Crippen molar-refractivity contribution >= 4 is 51.6 Å². The Kier molecular flexibility index (Phi) is 7.69. The van der Waals surface area contributed by atoms with Gasteiger partial charge in [-0.1, -0.05) is 18.9 Å². The molecular formula is C33H34N6O7. The minimum atomic E-state index is -0.585. The van der Waals surface area contributed by atoms with Crippen molar-refractivity contribution in [1.82, 2.24) is 19.4 Å². The number of hydrogen-bond acceptors (Lipinski definition) is 11. The van der Waals surface area contributed by atoms with Crippen LogP contribution in [0.1, 0.15) is 52.6 Å². The highest BCUT2D eigenvalue weighted by molar-refractivity contribution is 6.02. The number of nitrogens with one attached hydrogen (secondary N) is 1. The Hall–Kier alpha value is -5.17. The molecule has 2 fully saturated rings. The molecule has 0 unspecified atom stereocenters. The lowest BCUT2D eigenvalue weighted by atomic mass is 10.0. The third-order valence-electron chi connectivity index (χ3n) is 8.62. The summed E-state index contributed by atoms with van der Waals surface area (Å²) < 4.78 is 24.4. The van der Waals surface area contributed by atoms with Crippen molar-refractivity contribution in [1.29, 1.82) is 0 Å². The Balaban J connectivity index is 1.26. The summed E-state index contributed by atoms with van der Waals surface area (Å²) >= 11 is 0. The zero-order valence-electron chi connectivity index (χ0n) is 25.9. The highest BCUT2D eigenvalue weighted by Crippen LogP contribution is 2.37. The van der Waals surface area contributed by atoms with Crippen molar-refractivity contribution in [2.75, 3.05) is 57.7 Å². The Morgan fingerprint density at radius 3 is 2.57 bits per heavy atom. The van der Waals surface area contributed by atoms with Gasteiger partial charge in [0.15, 0.2) is 11.5 Å². The van der Waals surface area contributed by atoms with E-state index in [-0.39, 0.29) is 34.1 Å². The fourth-order valence-corrected chi connectivity index (χ4v) is 6.31. The van der Waals surface area contributed by atoms with Crippen LogP contribution in [0.3, 0.4) is 0 Å². The average molecular weight is 627 g/mol. The van der Waals surface area contributed by atoms with Crippen LogP contribution in [0, 0.1) is 0 Å². The number of esters is 1. The van der Waals surface area contributed by atoms with E-state index >= 15 is 0 Å². The van der Waals surface area contributed by atoms with E-state index in [9.17, 15) is 14.4 Å². The Labute approximate surface area is 263 Å². The van der Waals surface area contributed by atoms with Crippen LogP contribution in [-0.4, -0.2) is 78.8 Å². The molecule has 1 aliphatic carbocycles. The zero-order chi connectivity index (χ0) is 31.9. The van der Waals surface area contributed by atoms with Crippen LogP contribution in [0.5, 0.6) is 0 Å². The van der Waals surface area contributed by atoms with E-state index in [1.165, 1.54) is 19.4 Å². The molecular weight excluding hydrogens is 592 g/mol. The van der Waals surface area contributed by atoms with E-state index < -0.39 is 5.97 Å². The van der Waals surface area contributed by atoms with Crippen molar-refractivity contribution < 1.29 is 27.9 Å². The van der Waals surface area contributed by atoms with E-state index in [2.05, 4.69) is 10.3 Å². The maximum atomic E-state index is 13.1. The summed E-state index contributed by atoms with van der Waals surface area (Å²) in [7, 11) is 4.78. The first kappa shape index (κ1) is 29.5. The SMILES string of the molecule is COC(=O)c1cc(Nc2ncc3cc(C(=O)N(C)C)n(C4CCCC4)c3n2)ccc1-c1coc2c(=O)cc(N3CCOCC3)oc12. The average Bonchev–Trinajstić information content (AvgIpc) is 3.83. The number of ether oxygens (including phenoxy) is 2. The smallest absolute Gasteiger partial charge is 0.338 e. The molecule has 1 aromatic carbocycles. The number of anilines is 3. The van der Waals surface area contributed by atoms with Gasteiger partial charge in [-0.15, -0.1) is 0 Å². The molecule has 1 amide bonds. The molecule has 1 saturated carbocycles. The first-order chi connectivity index (χ1) is 22.3. The number of amides is 1. The number of rotatable bonds is 7. The van der Waals surface area contributed by atoms with Crippen LogP contribution in [0.15, 0.2) is 56.4 Å². The van der Waals surface area contributed by atoms with Crippen LogP contribution < -0.4 is 15.6 Å². The van der Waals surface area contributed by atoms with Gasteiger partial charge in [0, 0.05) is 56.1 Å². The third-order valence-corrected chi connectivity index (χ3v) is 8.62. The first-order valence-electron chi connectivity index (χ1n) is 15.3. The largest absolute Gasteiger partial charge is 0.465 e. The summed E-state index contributed by atoms with van der Waals surface area (Å²) in [6.45, 7) is 2.22. The molecule has 46 heavy (non-hydrogen) atoms. The van der Waals surface area contributed by atoms with E-state index in [1.54, 1.807) is 43.4 Å². The molecule has 13 nitrogen and oxygen atoms in total. The number of fused-ring (bicyclic) bond motifs is 2. The number of aromatic nitrogens is 3. The zero-order valence-corrected chi connectivity index (χ0v) is 25.9. The topological polar surface area (TPSA) is 145 Å². The molecule has 1 aliphatic heterocycles. The van der Waals surface area contributed by atoms with Crippen molar-refractivity contribution in [3.05, 3.63) is 64.3 Å². The van der Waals surface area contributed by atoms with Gasteiger partial charge < -0.3 is 38.0 Å². The van der Waals surface area contributed by atoms with Crippen molar-refractivity contribution in [2.24, 2.45) is 0 Å². The van der Waals surface area contributed by atoms with Crippen LogP contribution in [-0.2, 0) is 9.47 Å². The van der Waals surface area contributed by atoms with Gasteiger partial charge in [0.2, 0.25) is 17.0 Å². The molecule has 5 heterocycles. The lowest BCUT2D eigenvalue weighted by Crippen LogP contribution is -2.36. The quantitative estimate of drug-likeness (QED) is 0.244. The molecule has 1 N–H and O–H groups in total. The second kappa shape index (κ2) is 12.0. The predicted molar refractivity (Wildman–Crippen MR) is 171 cm³/mol. The second-order valence-corrected chi connectivity index (χ2v) is 11.7. The number of carbonyl (C=O) groups excluding carboxylic acids is 2. The van der Waals surface area contributed by atoms with Gasteiger partial charge in [-0.25, -0.2) is 9.78 Å². The summed E-state index contributed by atoms with van der Waals surface area (Å²) in [5.74, 6) is 0.0502. The van der Waals surface area contributed by atoms with Gasteiger partial charge in [0.1, 0.15) is 17.6 Å². The molecule has 1 saturated heterocycles. The molecule has 2 aliphatic rings. The normalized spacial score (nSPS) is 15.5. The minimum absolute atomic E-state index is 0.0594. The van der Waals surface area contributed by atoms with Gasteiger partial charge in [0.05, 0.1) is 37.5 Å². The second-order valence-electron chi connectivity index (χ2n) is 11.7. The number of carbonyl (C=O) groups is 2. The van der Waals surface area contributed by atoms with E-state index in [0.717, 1.165) is 31.1 Å². The highest BCUT2D eigenvalue weighted by atomic mass is 16.5. The van der Waals surface area contributed by atoms with E-state index in [4.69, 9.17) is 23.3 Å². The van der Waals surface area contributed by atoms with Crippen LogP contribution in [0.25, 0.3) is 33.3 Å². The van der Waals surface area contributed by atoms with Gasteiger partial charge in [-0.3, -0.25) is 9.59 Å². The number of morpholine rings is 1. The Bertz CT molecular complexity index is 2010. The van der Waals surface area contributed by atoms with Gasteiger partial charge in [-0.05, 0) is 31.0 Å². The highest BCUT2D eigenvalue weighted by Gasteiger charge is 2.27. The van der Waals surface area contributed by atoms with Gasteiger partial charge in [-0.2, -0.15) is 4.98 Å². The van der Waals surface area contributed by atoms with Gasteiger partial charge >= 0.3 is 5.97 Å². The Morgan fingerprint density at radius 2 is 1.83 bits per heavy atom. The number of benzene rings is 1. The molecule has 0 bridgehead atoms. The molecule has 238 valence electrons. The van der Waals surface area contributed by atoms with Crippen LogP contribution in [0.4, 0.5) is 17.5 Å². The monoisotopic (exact) mass is 626 g/mol. The number of hydrogen-bond donors (Lipinski definition) is 1. The summed E-state index contributed by atoms with van der Waals surface area (Å²) in [5.41, 5.74) is 2.92. The van der Waals surface area contributed by atoms with Crippen molar-refractivity contribution in [2.45, 2.75) is 31.7 Å². The maximum Gasteiger partial charge on any atom is 0.338 e. The van der Waals surface area contributed by atoms with E-state index in [0.29, 0.717) is 66.3 Å². The summed E-state index contributed by atoms with van der Waals surface area (Å²) in [5, 5.41) is 3.99. The van der Waals surface area contributed by atoms with Crippen LogP contribution >= 0.6 is 0 Å². The fourth-order valence-electron chi connectivity index (χ4n) is 6.31. The third kappa shape index (κ3) is 5.26.